The van der Waals surface area contributed by atoms with Crippen LogP contribution < -0.4 is 5.32 Å². The van der Waals surface area contributed by atoms with Crippen LogP contribution in [0.2, 0.25) is 0 Å². The van der Waals surface area contributed by atoms with Gasteiger partial charge in [-0.25, -0.2) is 8.78 Å². The SMILES string of the molecule is Cc1ccc(C(=O)NCC2(O)CCC(F)(F)CC2)s1. The molecular formula is C13H17F2NO2S. The lowest BCUT2D eigenvalue weighted by Gasteiger charge is -2.35. The molecule has 1 heterocycles. The second kappa shape index (κ2) is 5.17. The van der Waals surface area contributed by atoms with E-state index in [1.54, 1.807) is 6.07 Å². The molecule has 3 nitrogen and oxygen atoms in total. The fourth-order valence-corrected chi connectivity index (χ4v) is 2.93. The molecular weight excluding hydrogens is 272 g/mol. The van der Waals surface area contributed by atoms with Crippen LogP contribution in [0.5, 0.6) is 0 Å². The number of hydrogen-bond donors (Lipinski definition) is 2. The van der Waals surface area contributed by atoms with Gasteiger partial charge in [-0.15, -0.1) is 11.3 Å². The molecule has 1 aromatic rings. The molecule has 0 saturated heterocycles. The van der Waals surface area contributed by atoms with Gasteiger partial charge >= 0.3 is 0 Å². The first-order valence-corrected chi connectivity index (χ1v) is 7.06. The van der Waals surface area contributed by atoms with Crippen molar-refractivity contribution >= 4 is 17.2 Å². The van der Waals surface area contributed by atoms with E-state index in [-0.39, 0.29) is 38.1 Å². The minimum atomic E-state index is -2.68. The Morgan fingerprint density at radius 1 is 1.37 bits per heavy atom. The average molecular weight is 289 g/mol. The molecule has 19 heavy (non-hydrogen) atoms. The number of halogens is 2. The first-order chi connectivity index (χ1) is 8.80. The Bertz CT molecular complexity index is 463. The number of carbonyl (C=O) groups excluding carboxylic acids is 1. The smallest absolute Gasteiger partial charge is 0.261 e. The van der Waals surface area contributed by atoms with Crippen molar-refractivity contribution in [2.45, 2.75) is 44.1 Å². The van der Waals surface area contributed by atoms with E-state index < -0.39 is 11.5 Å². The van der Waals surface area contributed by atoms with E-state index in [2.05, 4.69) is 5.32 Å². The van der Waals surface area contributed by atoms with Gasteiger partial charge in [0.05, 0.1) is 10.5 Å². The van der Waals surface area contributed by atoms with Crippen molar-refractivity contribution in [3.8, 4) is 0 Å². The van der Waals surface area contributed by atoms with Crippen molar-refractivity contribution < 1.29 is 18.7 Å². The third kappa shape index (κ3) is 3.73. The van der Waals surface area contributed by atoms with Crippen LogP contribution in [0.15, 0.2) is 12.1 Å². The molecule has 0 bridgehead atoms. The number of nitrogens with one attached hydrogen (secondary N) is 1. The number of thiophene rings is 1. The van der Waals surface area contributed by atoms with Crippen LogP contribution in [-0.2, 0) is 0 Å². The second-order valence-electron chi connectivity index (χ2n) is 5.17. The fraction of sp³-hybridized carbons (Fsp3) is 0.615. The fourth-order valence-electron chi connectivity index (χ4n) is 2.15. The monoisotopic (exact) mass is 289 g/mol. The van der Waals surface area contributed by atoms with E-state index in [0.29, 0.717) is 4.88 Å². The molecule has 0 aromatic carbocycles. The molecule has 6 heteroatoms. The predicted molar refractivity (Wildman–Crippen MR) is 69.8 cm³/mol. The van der Waals surface area contributed by atoms with Crippen LogP contribution in [0.25, 0.3) is 0 Å². The number of aliphatic hydroxyl groups is 1. The lowest BCUT2D eigenvalue weighted by Crippen LogP contribution is -2.47. The van der Waals surface area contributed by atoms with Crippen LogP contribution in [0.3, 0.4) is 0 Å². The molecule has 106 valence electrons. The quantitative estimate of drug-likeness (QED) is 0.899. The predicted octanol–water partition coefficient (Wildman–Crippen LogP) is 2.73. The largest absolute Gasteiger partial charge is 0.388 e. The first-order valence-electron chi connectivity index (χ1n) is 6.25. The minimum Gasteiger partial charge on any atom is -0.388 e. The summed E-state index contributed by atoms with van der Waals surface area (Å²) in [7, 11) is 0. The average Bonchev–Trinajstić information content (AvgIpc) is 2.78. The summed E-state index contributed by atoms with van der Waals surface area (Å²) in [5, 5.41) is 12.8. The van der Waals surface area contributed by atoms with Crippen LogP contribution in [-0.4, -0.2) is 29.1 Å². The molecule has 1 fully saturated rings. The highest BCUT2D eigenvalue weighted by molar-refractivity contribution is 7.13. The number of amides is 1. The van der Waals surface area contributed by atoms with Crippen molar-refractivity contribution in [2.24, 2.45) is 0 Å². The van der Waals surface area contributed by atoms with Gasteiger partial charge in [0.25, 0.3) is 5.91 Å². The zero-order chi connectivity index (χ0) is 14.1. The van der Waals surface area contributed by atoms with Gasteiger partial charge < -0.3 is 10.4 Å². The molecule has 1 amide bonds. The molecule has 0 radical (unpaired) electrons. The summed E-state index contributed by atoms with van der Waals surface area (Å²) < 4.78 is 26.0. The molecule has 2 rings (SSSR count). The second-order valence-corrected chi connectivity index (χ2v) is 6.46. The van der Waals surface area contributed by atoms with E-state index in [1.807, 2.05) is 13.0 Å². The molecule has 0 spiro atoms. The Kier molecular flexibility index (Phi) is 3.92. The van der Waals surface area contributed by atoms with Gasteiger partial charge in [0.15, 0.2) is 0 Å². The molecule has 0 atom stereocenters. The zero-order valence-corrected chi connectivity index (χ0v) is 11.5. The van der Waals surface area contributed by atoms with Gasteiger partial charge in [0, 0.05) is 24.3 Å². The summed E-state index contributed by atoms with van der Waals surface area (Å²) in [6, 6.07) is 3.56. The summed E-state index contributed by atoms with van der Waals surface area (Å²) >= 11 is 1.37. The summed E-state index contributed by atoms with van der Waals surface area (Å²) in [5.74, 6) is -2.94. The number of alkyl halides is 2. The van der Waals surface area contributed by atoms with Crippen LogP contribution >= 0.6 is 11.3 Å². The summed E-state index contributed by atoms with van der Waals surface area (Å²) in [6.45, 7) is 1.93. The van der Waals surface area contributed by atoms with Crippen LogP contribution in [0.1, 0.15) is 40.2 Å². The van der Waals surface area contributed by atoms with Crippen LogP contribution in [0, 0.1) is 6.92 Å². The third-order valence-corrected chi connectivity index (χ3v) is 4.45. The zero-order valence-electron chi connectivity index (χ0n) is 10.7. The lowest BCUT2D eigenvalue weighted by atomic mass is 9.83. The molecule has 0 unspecified atom stereocenters. The van der Waals surface area contributed by atoms with Gasteiger partial charge in [-0.3, -0.25) is 4.79 Å². The highest BCUT2D eigenvalue weighted by Crippen LogP contribution is 2.38. The number of rotatable bonds is 3. The summed E-state index contributed by atoms with van der Waals surface area (Å²) in [4.78, 5) is 13.4. The Balaban J connectivity index is 1.87. The molecule has 1 saturated carbocycles. The Morgan fingerprint density at radius 2 is 2.00 bits per heavy atom. The van der Waals surface area contributed by atoms with Crippen molar-refractivity contribution in [1.29, 1.82) is 0 Å². The Labute approximate surface area is 114 Å². The van der Waals surface area contributed by atoms with E-state index in [9.17, 15) is 18.7 Å². The number of carbonyl (C=O) groups is 1. The van der Waals surface area contributed by atoms with Gasteiger partial charge in [-0.2, -0.15) is 0 Å². The van der Waals surface area contributed by atoms with Gasteiger partial charge in [-0.05, 0) is 31.9 Å². The standard InChI is InChI=1S/C13H17F2NO2S/c1-9-2-3-10(19-9)11(17)16-8-12(18)4-6-13(14,15)7-5-12/h2-3,18H,4-8H2,1H3,(H,16,17). The maximum atomic E-state index is 13.0. The van der Waals surface area contributed by atoms with Crippen molar-refractivity contribution in [2.75, 3.05) is 6.54 Å². The highest BCUT2D eigenvalue weighted by atomic mass is 32.1. The summed E-state index contributed by atoms with van der Waals surface area (Å²) in [6.07, 6.45) is -0.609. The minimum absolute atomic E-state index is 0.0176. The van der Waals surface area contributed by atoms with Crippen molar-refractivity contribution in [1.82, 2.24) is 5.32 Å². The van der Waals surface area contributed by atoms with E-state index in [1.165, 1.54) is 11.3 Å². The van der Waals surface area contributed by atoms with Gasteiger partial charge in [0.2, 0.25) is 5.92 Å². The lowest BCUT2D eigenvalue weighted by molar-refractivity contribution is -0.101. The highest BCUT2D eigenvalue weighted by Gasteiger charge is 2.42. The van der Waals surface area contributed by atoms with Crippen molar-refractivity contribution in [3.05, 3.63) is 21.9 Å². The molecule has 1 aliphatic rings. The van der Waals surface area contributed by atoms with E-state index in [4.69, 9.17) is 0 Å². The summed E-state index contributed by atoms with van der Waals surface area (Å²) in [5.41, 5.74) is -1.20. The van der Waals surface area contributed by atoms with E-state index in [0.717, 1.165) is 4.88 Å². The maximum Gasteiger partial charge on any atom is 0.261 e. The van der Waals surface area contributed by atoms with Crippen molar-refractivity contribution in [3.63, 3.8) is 0 Å². The third-order valence-electron chi connectivity index (χ3n) is 3.45. The van der Waals surface area contributed by atoms with Crippen LogP contribution in [0.4, 0.5) is 8.78 Å². The molecule has 0 aliphatic heterocycles. The maximum absolute atomic E-state index is 13.0. The number of hydrogen-bond acceptors (Lipinski definition) is 3. The molecule has 2 N–H and O–H groups in total. The normalized spacial score (nSPS) is 21.1. The topological polar surface area (TPSA) is 49.3 Å². The Hall–Kier alpha value is -1.01. The first kappa shape index (κ1) is 14.4. The Morgan fingerprint density at radius 3 is 2.53 bits per heavy atom. The molecule has 1 aliphatic carbocycles. The number of aryl methyl sites for hydroxylation is 1. The van der Waals surface area contributed by atoms with Gasteiger partial charge in [-0.1, -0.05) is 0 Å². The van der Waals surface area contributed by atoms with Gasteiger partial charge in [0.1, 0.15) is 0 Å². The molecule has 1 aromatic heterocycles. The van der Waals surface area contributed by atoms with E-state index >= 15 is 0 Å².